The second-order valence-electron chi connectivity index (χ2n) is 2.85. The highest BCUT2D eigenvalue weighted by atomic mass is 32.2. The third kappa shape index (κ3) is 3.40. The molecule has 5 heteroatoms. The summed E-state index contributed by atoms with van der Waals surface area (Å²) in [5.41, 5.74) is 4.81. The first kappa shape index (κ1) is 9.96. The van der Waals surface area contributed by atoms with E-state index in [1.165, 1.54) is 11.8 Å². The standard InChI is InChI=1S/C8H10N4S/c1-8(10,5-9)6-13-7-11-3-2-4-12-7/h2-4H,6,10H2,1H3. The van der Waals surface area contributed by atoms with Gasteiger partial charge >= 0.3 is 0 Å². The Hall–Kier alpha value is -1.12. The summed E-state index contributed by atoms with van der Waals surface area (Å²) in [5, 5.41) is 9.29. The summed E-state index contributed by atoms with van der Waals surface area (Å²) in [4.78, 5) is 8.01. The second-order valence-corrected chi connectivity index (χ2v) is 3.79. The Morgan fingerprint density at radius 1 is 1.62 bits per heavy atom. The van der Waals surface area contributed by atoms with Crippen molar-refractivity contribution in [2.24, 2.45) is 5.73 Å². The first-order valence-electron chi connectivity index (χ1n) is 3.74. The fraction of sp³-hybridized carbons (Fsp3) is 0.375. The van der Waals surface area contributed by atoms with Crippen LogP contribution < -0.4 is 5.73 Å². The Morgan fingerprint density at radius 2 is 2.23 bits per heavy atom. The van der Waals surface area contributed by atoms with Crippen molar-refractivity contribution in [3.05, 3.63) is 18.5 Å². The summed E-state index contributed by atoms with van der Waals surface area (Å²) >= 11 is 1.38. The van der Waals surface area contributed by atoms with Gasteiger partial charge in [-0.1, -0.05) is 11.8 Å². The predicted molar refractivity (Wildman–Crippen MR) is 51.0 cm³/mol. The van der Waals surface area contributed by atoms with Gasteiger partial charge in [-0.25, -0.2) is 9.97 Å². The molecule has 1 aromatic heterocycles. The number of aromatic nitrogens is 2. The highest BCUT2D eigenvalue weighted by molar-refractivity contribution is 7.99. The van der Waals surface area contributed by atoms with Crippen LogP contribution in [-0.4, -0.2) is 21.3 Å². The number of thioether (sulfide) groups is 1. The van der Waals surface area contributed by atoms with Crippen LogP contribution in [-0.2, 0) is 0 Å². The van der Waals surface area contributed by atoms with Crippen LogP contribution in [0.4, 0.5) is 0 Å². The van der Waals surface area contributed by atoms with Crippen LogP contribution in [0.5, 0.6) is 0 Å². The smallest absolute Gasteiger partial charge is 0.187 e. The summed E-state index contributed by atoms with van der Waals surface area (Å²) in [7, 11) is 0. The summed E-state index contributed by atoms with van der Waals surface area (Å²) in [5.74, 6) is 0.494. The molecule has 0 aromatic carbocycles. The van der Waals surface area contributed by atoms with E-state index in [1.54, 1.807) is 25.4 Å². The minimum Gasteiger partial charge on any atom is -0.313 e. The molecular weight excluding hydrogens is 184 g/mol. The summed E-state index contributed by atoms with van der Waals surface area (Å²) in [6.45, 7) is 1.68. The average molecular weight is 194 g/mol. The fourth-order valence-corrected chi connectivity index (χ4v) is 1.37. The summed E-state index contributed by atoms with van der Waals surface area (Å²) in [6.07, 6.45) is 3.32. The fourth-order valence-electron chi connectivity index (χ4n) is 0.607. The van der Waals surface area contributed by atoms with Gasteiger partial charge < -0.3 is 5.73 Å². The number of hydrogen-bond donors (Lipinski definition) is 1. The lowest BCUT2D eigenvalue weighted by atomic mass is 10.1. The van der Waals surface area contributed by atoms with Crippen LogP contribution >= 0.6 is 11.8 Å². The first-order valence-corrected chi connectivity index (χ1v) is 4.72. The van der Waals surface area contributed by atoms with Crippen molar-refractivity contribution in [1.29, 1.82) is 5.26 Å². The van der Waals surface area contributed by atoms with Gasteiger partial charge in [0.25, 0.3) is 0 Å². The van der Waals surface area contributed by atoms with E-state index in [4.69, 9.17) is 11.0 Å². The maximum atomic E-state index is 8.64. The van der Waals surface area contributed by atoms with Crippen molar-refractivity contribution in [2.45, 2.75) is 17.6 Å². The van der Waals surface area contributed by atoms with Gasteiger partial charge in [-0.3, -0.25) is 0 Å². The minimum absolute atomic E-state index is 0.494. The largest absolute Gasteiger partial charge is 0.313 e. The van der Waals surface area contributed by atoms with Crippen LogP contribution in [0, 0.1) is 11.3 Å². The quantitative estimate of drug-likeness (QED) is 0.569. The van der Waals surface area contributed by atoms with Gasteiger partial charge in [-0.15, -0.1) is 0 Å². The molecule has 0 amide bonds. The molecule has 1 aromatic rings. The Bertz CT molecular complexity index is 304. The van der Waals surface area contributed by atoms with E-state index >= 15 is 0 Å². The van der Waals surface area contributed by atoms with Crippen molar-refractivity contribution in [3.8, 4) is 6.07 Å². The van der Waals surface area contributed by atoms with Crippen molar-refractivity contribution in [1.82, 2.24) is 9.97 Å². The Morgan fingerprint density at radius 3 is 2.77 bits per heavy atom. The second kappa shape index (κ2) is 4.21. The van der Waals surface area contributed by atoms with Crippen molar-refractivity contribution < 1.29 is 0 Å². The molecule has 0 saturated carbocycles. The number of nitriles is 1. The van der Waals surface area contributed by atoms with Gasteiger partial charge in [-0.2, -0.15) is 5.26 Å². The van der Waals surface area contributed by atoms with E-state index in [9.17, 15) is 0 Å². The molecule has 1 unspecified atom stereocenters. The van der Waals surface area contributed by atoms with Crippen LogP contribution in [0.15, 0.2) is 23.6 Å². The van der Waals surface area contributed by atoms with Crippen LogP contribution in [0.3, 0.4) is 0 Å². The molecule has 4 nitrogen and oxygen atoms in total. The van der Waals surface area contributed by atoms with Crippen molar-refractivity contribution >= 4 is 11.8 Å². The Labute approximate surface area is 81.2 Å². The van der Waals surface area contributed by atoms with Crippen molar-refractivity contribution in [2.75, 3.05) is 5.75 Å². The van der Waals surface area contributed by atoms with E-state index in [2.05, 4.69) is 9.97 Å². The average Bonchev–Trinajstić information content (AvgIpc) is 2.17. The molecular formula is C8H10N4S. The molecule has 1 rings (SSSR count). The Balaban J connectivity index is 2.50. The van der Waals surface area contributed by atoms with Crippen LogP contribution in [0.1, 0.15) is 6.92 Å². The SMILES string of the molecule is CC(N)(C#N)CSc1ncccn1. The van der Waals surface area contributed by atoms with E-state index in [0.29, 0.717) is 10.9 Å². The van der Waals surface area contributed by atoms with Gasteiger partial charge in [-0.05, 0) is 13.0 Å². The molecule has 0 spiro atoms. The number of nitrogens with two attached hydrogens (primary N) is 1. The lowest BCUT2D eigenvalue weighted by Gasteiger charge is -2.12. The maximum absolute atomic E-state index is 8.64. The normalized spacial score (nSPS) is 14.5. The van der Waals surface area contributed by atoms with E-state index in [0.717, 1.165) is 0 Å². The summed E-state index contributed by atoms with van der Waals surface area (Å²) in [6, 6.07) is 3.76. The molecule has 0 bridgehead atoms. The first-order chi connectivity index (χ1) is 6.14. The topological polar surface area (TPSA) is 75.6 Å². The molecule has 0 aliphatic rings. The molecule has 0 radical (unpaired) electrons. The number of rotatable bonds is 3. The zero-order valence-corrected chi connectivity index (χ0v) is 8.08. The van der Waals surface area contributed by atoms with E-state index < -0.39 is 5.54 Å². The molecule has 0 aliphatic heterocycles. The lowest BCUT2D eigenvalue weighted by Crippen LogP contribution is -2.36. The number of hydrogen-bond acceptors (Lipinski definition) is 5. The molecule has 1 atom stereocenters. The van der Waals surface area contributed by atoms with E-state index in [-0.39, 0.29) is 0 Å². The van der Waals surface area contributed by atoms with Gasteiger partial charge in [0, 0.05) is 18.1 Å². The Kier molecular flexibility index (Phi) is 3.23. The van der Waals surface area contributed by atoms with Crippen LogP contribution in [0.2, 0.25) is 0 Å². The van der Waals surface area contributed by atoms with Gasteiger partial charge in [0.1, 0.15) is 5.54 Å². The van der Waals surface area contributed by atoms with Gasteiger partial charge in [0.15, 0.2) is 5.16 Å². The maximum Gasteiger partial charge on any atom is 0.187 e. The lowest BCUT2D eigenvalue weighted by molar-refractivity contribution is 0.680. The number of nitrogens with zero attached hydrogens (tertiary/aromatic N) is 3. The molecule has 0 aliphatic carbocycles. The molecule has 0 saturated heterocycles. The van der Waals surface area contributed by atoms with Gasteiger partial charge in [0.05, 0.1) is 6.07 Å². The van der Waals surface area contributed by atoms with Crippen molar-refractivity contribution in [3.63, 3.8) is 0 Å². The highest BCUT2D eigenvalue weighted by Crippen LogP contribution is 2.15. The molecule has 13 heavy (non-hydrogen) atoms. The zero-order valence-electron chi connectivity index (χ0n) is 7.27. The zero-order chi connectivity index (χ0) is 9.73. The van der Waals surface area contributed by atoms with E-state index in [1.807, 2.05) is 6.07 Å². The molecule has 2 N–H and O–H groups in total. The molecule has 1 heterocycles. The minimum atomic E-state index is -0.816. The van der Waals surface area contributed by atoms with Crippen LogP contribution in [0.25, 0.3) is 0 Å². The van der Waals surface area contributed by atoms with Gasteiger partial charge in [0.2, 0.25) is 0 Å². The predicted octanol–water partition coefficient (Wildman–Crippen LogP) is 0.810. The highest BCUT2D eigenvalue weighted by Gasteiger charge is 2.17. The molecule has 68 valence electrons. The third-order valence-electron chi connectivity index (χ3n) is 1.30. The monoisotopic (exact) mass is 194 g/mol. The summed E-state index contributed by atoms with van der Waals surface area (Å²) < 4.78 is 0. The molecule has 0 fully saturated rings. The third-order valence-corrected chi connectivity index (χ3v) is 2.51.